The summed E-state index contributed by atoms with van der Waals surface area (Å²) in [6.45, 7) is 4.91. The Morgan fingerprint density at radius 1 is 1.19 bits per heavy atom. The first-order valence-electron chi connectivity index (χ1n) is 8.67. The van der Waals surface area contributed by atoms with E-state index in [-0.39, 0.29) is 12.0 Å². The first-order chi connectivity index (χ1) is 12.5. The zero-order chi connectivity index (χ0) is 18.9. The number of nitriles is 1. The molecule has 2 aromatic rings. The third-order valence-corrected chi connectivity index (χ3v) is 4.46. The van der Waals surface area contributed by atoms with Gasteiger partial charge in [-0.1, -0.05) is 30.3 Å². The average molecular weight is 415 g/mol. The van der Waals surface area contributed by atoms with Crippen LogP contribution < -0.4 is 4.74 Å². The molecule has 0 bridgehead atoms. The van der Waals surface area contributed by atoms with E-state index in [0.29, 0.717) is 30.8 Å². The fraction of sp³-hybridized carbons (Fsp3) is 0.333. The molecule has 26 heavy (non-hydrogen) atoms. The number of rotatable bonds is 8. The Hall–Kier alpha value is -2.32. The zero-order valence-corrected chi connectivity index (χ0v) is 16.7. The largest absolute Gasteiger partial charge is 0.490 e. The minimum atomic E-state index is -0.0759. The lowest BCUT2D eigenvalue weighted by atomic mass is 10.1. The fourth-order valence-electron chi connectivity index (χ4n) is 2.57. The Balaban J connectivity index is 2.12. The standard InChI is InChI=1S/C21H23BrN2O2/c1-16(2)26-20-10-9-18(15-19(20)22)21(25)24(13-6-12-23)14-11-17-7-4-3-5-8-17/h3-5,7-10,15-16H,6,11,13-14H2,1-2H3. The van der Waals surface area contributed by atoms with Gasteiger partial charge >= 0.3 is 0 Å². The molecule has 0 saturated heterocycles. The van der Waals surface area contributed by atoms with Crippen molar-refractivity contribution in [1.82, 2.24) is 4.90 Å². The highest BCUT2D eigenvalue weighted by molar-refractivity contribution is 9.10. The summed E-state index contributed by atoms with van der Waals surface area (Å²) in [4.78, 5) is 14.6. The Morgan fingerprint density at radius 2 is 1.92 bits per heavy atom. The van der Waals surface area contributed by atoms with Gasteiger partial charge in [0.25, 0.3) is 5.91 Å². The number of hydrogen-bond acceptors (Lipinski definition) is 3. The van der Waals surface area contributed by atoms with E-state index in [1.54, 1.807) is 23.1 Å². The van der Waals surface area contributed by atoms with Crippen molar-refractivity contribution in [1.29, 1.82) is 5.26 Å². The minimum absolute atomic E-state index is 0.0610. The van der Waals surface area contributed by atoms with Crippen molar-refractivity contribution in [2.75, 3.05) is 13.1 Å². The molecule has 4 nitrogen and oxygen atoms in total. The van der Waals surface area contributed by atoms with Gasteiger partial charge in [0.2, 0.25) is 0 Å². The maximum absolute atomic E-state index is 12.9. The highest BCUT2D eigenvalue weighted by atomic mass is 79.9. The van der Waals surface area contributed by atoms with Crippen LogP contribution in [0.15, 0.2) is 53.0 Å². The highest BCUT2D eigenvalue weighted by Gasteiger charge is 2.17. The molecule has 0 spiro atoms. The smallest absolute Gasteiger partial charge is 0.253 e. The second kappa shape index (κ2) is 9.98. The van der Waals surface area contributed by atoms with Crippen molar-refractivity contribution >= 4 is 21.8 Å². The summed E-state index contributed by atoms with van der Waals surface area (Å²) in [7, 11) is 0. The van der Waals surface area contributed by atoms with E-state index in [4.69, 9.17) is 10.00 Å². The number of halogens is 1. The number of amides is 1. The third kappa shape index (κ3) is 5.89. The van der Waals surface area contributed by atoms with Gasteiger partial charge in [-0.15, -0.1) is 0 Å². The molecule has 0 aliphatic rings. The van der Waals surface area contributed by atoms with Crippen LogP contribution in [0, 0.1) is 11.3 Å². The van der Waals surface area contributed by atoms with Gasteiger partial charge in [-0.25, -0.2) is 0 Å². The maximum Gasteiger partial charge on any atom is 0.253 e. The number of carbonyl (C=O) groups is 1. The van der Waals surface area contributed by atoms with Crippen molar-refractivity contribution in [3.8, 4) is 11.8 Å². The molecule has 136 valence electrons. The van der Waals surface area contributed by atoms with Crippen LogP contribution in [0.3, 0.4) is 0 Å². The van der Waals surface area contributed by atoms with Crippen LogP contribution >= 0.6 is 15.9 Å². The molecule has 0 aliphatic carbocycles. The van der Waals surface area contributed by atoms with Crippen LogP contribution in [0.4, 0.5) is 0 Å². The van der Waals surface area contributed by atoms with Gasteiger partial charge < -0.3 is 9.64 Å². The molecule has 0 saturated carbocycles. The SMILES string of the molecule is CC(C)Oc1ccc(C(=O)N(CCC#N)CCc2ccccc2)cc1Br. The number of ether oxygens (including phenoxy) is 1. The molecule has 2 rings (SSSR count). The molecular formula is C21H23BrN2O2. The van der Waals surface area contributed by atoms with Gasteiger partial charge in [-0.2, -0.15) is 5.26 Å². The van der Waals surface area contributed by atoms with Crippen LogP contribution in [0.2, 0.25) is 0 Å². The topological polar surface area (TPSA) is 53.3 Å². The molecule has 0 N–H and O–H groups in total. The Bertz CT molecular complexity index is 769. The van der Waals surface area contributed by atoms with Crippen molar-refractivity contribution < 1.29 is 9.53 Å². The Morgan fingerprint density at radius 3 is 2.54 bits per heavy atom. The monoisotopic (exact) mass is 414 g/mol. The molecule has 0 fully saturated rings. The van der Waals surface area contributed by atoms with E-state index >= 15 is 0 Å². The van der Waals surface area contributed by atoms with Gasteiger partial charge in [-0.3, -0.25) is 4.79 Å². The first kappa shape index (κ1) is 20.0. The predicted molar refractivity (Wildman–Crippen MR) is 106 cm³/mol. The molecule has 0 radical (unpaired) electrons. The van der Waals surface area contributed by atoms with Gasteiger partial charge in [0.15, 0.2) is 0 Å². The number of nitrogens with zero attached hydrogens (tertiary/aromatic N) is 2. The normalized spacial score (nSPS) is 10.4. The van der Waals surface area contributed by atoms with E-state index in [9.17, 15) is 4.79 Å². The second-order valence-corrected chi connectivity index (χ2v) is 7.10. The van der Waals surface area contributed by atoms with Crippen molar-refractivity contribution in [2.24, 2.45) is 0 Å². The van der Waals surface area contributed by atoms with Crippen molar-refractivity contribution in [2.45, 2.75) is 32.8 Å². The number of benzene rings is 2. The van der Waals surface area contributed by atoms with E-state index in [1.807, 2.05) is 44.2 Å². The van der Waals surface area contributed by atoms with Crippen LogP contribution in [-0.4, -0.2) is 30.0 Å². The van der Waals surface area contributed by atoms with Crippen LogP contribution in [0.5, 0.6) is 5.75 Å². The quantitative estimate of drug-likeness (QED) is 0.620. The number of hydrogen-bond donors (Lipinski definition) is 0. The summed E-state index contributed by atoms with van der Waals surface area (Å²) in [5, 5.41) is 8.91. The Kier molecular flexibility index (Phi) is 7.68. The molecule has 2 aromatic carbocycles. The molecule has 0 atom stereocenters. The van der Waals surface area contributed by atoms with E-state index < -0.39 is 0 Å². The van der Waals surface area contributed by atoms with Crippen LogP contribution in [0.1, 0.15) is 36.2 Å². The van der Waals surface area contributed by atoms with E-state index in [2.05, 4.69) is 22.0 Å². The minimum Gasteiger partial charge on any atom is -0.490 e. The molecular weight excluding hydrogens is 392 g/mol. The summed E-state index contributed by atoms with van der Waals surface area (Å²) in [5.41, 5.74) is 1.75. The van der Waals surface area contributed by atoms with Crippen molar-refractivity contribution in [3.63, 3.8) is 0 Å². The van der Waals surface area contributed by atoms with Crippen LogP contribution in [0.25, 0.3) is 0 Å². The Labute approximate surface area is 163 Å². The number of carbonyl (C=O) groups excluding carboxylic acids is 1. The molecule has 0 unspecified atom stereocenters. The van der Waals surface area contributed by atoms with E-state index in [1.165, 1.54) is 5.56 Å². The molecule has 0 heterocycles. The zero-order valence-electron chi connectivity index (χ0n) is 15.1. The highest BCUT2D eigenvalue weighted by Crippen LogP contribution is 2.27. The summed E-state index contributed by atoms with van der Waals surface area (Å²) in [5.74, 6) is 0.636. The lowest BCUT2D eigenvalue weighted by molar-refractivity contribution is 0.0760. The predicted octanol–water partition coefficient (Wildman–Crippen LogP) is 4.83. The fourth-order valence-corrected chi connectivity index (χ4v) is 3.05. The lowest BCUT2D eigenvalue weighted by Crippen LogP contribution is -2.33. The maximum atomic E-state index is 12.9. The summed E-state index contributed by atoms with van der Waals surface area (Å²) in [6, 6.07) is 17.5. The molecule has 0 aromatic heterocycles. The summed E-state index contributed by atoms with van der Waals surface area (Å²) >= 11 is 3.47. The summed E-state index contributed by atoms with van der Waals surface area (Å²) < 4.78 is 6.45. The second-order valence-electron chi connectivity index (χ2n) is 6.25. The van der Waals surface area contributed by atoms with Gasteiger partial charge in [0.1, 0.15) is 5.75 Å². The molecule has 0 aliphatic heterocycles. The van der Waals surface area contributed by atoms with Gasteiger partial charge in [0, 0.05) is 18.7 Å². The summed E-state index contributed by atoms with van der Waals surface area (Å²) in [6.07, 6.45) is 1.13. The third-order valence-electron chi connectivity index (χ3n) is 3.84. The van der Waals surface area contributed by atoms with E-state index in [0.717, 1.165) is 10.9 Å². The van der Waals surface area contributed by atoms with Crippen LogP contribution in [-0.2, 0) is 6.42 Å². The van der Waals surface area contributed by atoms with Gasteiger partial charge in [0.05, 0.1) is 23.1 Å². The first-order valence-corrected chi connectivity index (χ1v) is 9.47. The molecule has 1 amide bonds. The molecule has 5 heteroatoms. The van der Waals surface area contributed by atoms with Crippen molar-refractivity contribution in [3.05, 3.63) is 64.1 Å². The lowest BCUT2D eigenvalue weighted by Gasteiger charge is -2.22. The average Bonchev–Trinajstić information content (AvgIpc) is 2.63. The van der Waals surface area contributed by atoms with Gasteiger partial charge in [-0.05, 0) is 60.0 Å².